The zero-order valence-corrected chi connectivity index (χ0v) is 10.4. The minimum atomic E-state index is 0.0353. The Hall–Kier alpha value is -2.27. The van der Waals surface area contributed by atoms with Crippen molar-refractivity contribution < 1.29 is 5.11 Å². The van der Waals surface area contributed by atoms with E-state index in [-0.39, 0.29) is 6.61 Å². The van der Waals surface area contributed by atoms with Crippen molar-refractivity contribution in [2.24, 2.45) is 0 Å². The lowest BCUT2D eigenvalue weighted by Gasteiger charge is -2.06. The zero-order chi connectivity index (χ0) is 13.1. The van der Waals surface area contributed by atoms with Crippen LogP contribution in [0.15, 0.2) is 42.5 Å². The number of fused-ring (bicyclic) bond motifs is 1. The second-order valence-corrected chi connectivity index (χ2v) is 4.36. The van der Waals surface area contributed by atoms with Crippen LogP contribution in [-0.4, -0.2) is 31.9 Å². The molecule has 1 N–H and O–H groups in total. The average Bonchev–Trinajstić information content (AvgIpc) is 2.87. The summed E-state index contributed by atoms with van der Waals surface area (Å²) in [5.74, 6) is 0.769. The molecule has 0 aliphatic rings. The monoisotopic (exact) mass is 254 g/mol. The van der Waals surface area contributed by atoms with Gasteiger partial charge in [-0.1, -0.05) is 42.5 Å². The van der Waals surface area contributed by atoms with Crippen molar-refractivity contribution in [3.05, 3.63) is 53.9 Å². The Morgan fingerprint density at radius 3 is 2.79 bits per heavy atom. The fourth-order valence-corrected chi connectivity index (χ4v) is 2.24. The smallest absolute Gasteiger partial charge is 0.155 e. The van der Waals surface area contributed by atoms with Gasteiger partial charge in [0, 0.05) is 6.42 Å². The van der Waals surface area contributed by atoms with E-state index in [0.717, 1.165) is 5.82 Å². The highest BCUT2D eigenvalue weighted by molar-refractivity contribution is 5.85. The Labute approximate surface area is 110 Å². The number of aliphatic hydroxyl groups excluding tert-OH is 1. The highest BCUT2D eigenvalue weighted by Crippen LogP contribution is 2.20. The Morgan fingerprint density at radius 2 is 1.89 bits per heavy atom. The normalized spacial score (nSPS) is 11.0. The fourth-order valence-electron chi connectivity index (χ4n) is 2.24. The van der Waals surface area contributed by atoms with Gasteiger partial charge in [0.15, 0.2) is 5.82 Å². The van der Waals surface area contributed by atoms with Gasteiger partial charge < -0.3 is 5.11 Å². The molecule has 5 nitrogen and oxygen atoms in total. The number of hydrogen-bond donors (Lipinski definition) is 1. The third kappa shape index (κ3) is 2.32. The number of benzene rings is 2. The average molecular weight is 254 g/mol. The molecule has 0 spiro atoms. The van der Waals surface area contributed by atoms with Gasteiger partial charge in [-0.25, -0.2) is 4.68 Å². The highest BCUT2D eigenvalue weighted by atomic mass is 16.3. The summed E-state index contributed by atoms with van der Waals surface area (Å²) >= 11 is 0. The van der Waals surface area contributed by atoms with Crippen molar-refractivity contribution in [2.45, 2.75) is 13.0 Å². The molecular formula is C14H14N4O. The number of rotatable bonds is 4. The van der Waals surface area contributed by atoms with E-state index in [1.807, 2.05) is 18.2 Å². The molecule has 1 heterocycles. The topological polar surface area (TPSA) is 63.8 Å². The fraction of sp³-hybridized carbons (Fsp3) is 0.214. The van der Waals surface area contributed by atoms with Crippen LogP contribution in [0, 0.1) is 0 Å². The summed E-state index contributed by atoms with van der Waals surface area (Å²) in [6.07, 6.45) is 0.661. The summed E-state index contributed by atoms with van der Waals surface area (Å²) in [5, 5.41) is 23.0. The number of tetrazole rings is 1. The van der Waals surface area contributed by atoms with Crippen LogP contribution in [0.1, 0.15) is 11.4 Å². The van der Waals surface area contributed by atoms with Crippen LogP contribution in [-0.2, 0) is 13.0 Å². The third-order valence-corrected chi connectivity index (χ3v) is 3.15. The molecule has 2 aromatic carbocycles. The van der Waals surface area contributed by atoms with E-state index in [1.165, 1.54) is 16.3 Å². The first-order valence-corrected chi connectivity index (χ1v) is 6.21. The lowest BCUT2D eigenvalue weighted by Crippen LogP contribution is -2.09. The quantitative estimate of drug-likeness (QED) is 0.764. The van der Waals surface area contributed by atoms with E-state index >= 15 is 0 Å². The SMILES string of the molecule is OCCn1nnnc1Cc1cccc2ccccc12. The molecule has 0 atom stereocenters. The molecule has 5 heteroatoms. The lowest BCUT2D eigenvalue weighted by molar-refractivity contribution is 0.266. The van der Waals surface area contributed by atoms with Crippen LogP contribution in [0.25, 0.3) is 10.8 Å². The van der Waals surface area contributed by atoms with E-state index in [1.54, 1.807) is 4.68 Å². The van der Waals surface area contributed by atoms with Gasteiger partial charge in [0.1, 0.15) is 0 Å². The Morgan fingerprint density at radius 1 is 1.05 bits per heavy atom. The first-order chi connectivity index (χ1) is 9.38. The van der Waals surface area contributed by atoms with E-state index in [9.17, 15) is 0 Å². The van der Waals surface area contributed by atoms with Crippen molar-refractivity contribution in [3.8, 4) is 0 Å². The van der Waals surface area contributed by atoms with Gasteiger partial charge in [-0.2, -0.15) is 0 Å². The van der Waals surface area contributed by atoms with E-state index in [4.69, 9.17) is 5.11 Å². The van der Waals surface area contributed by atoms with Crippen LogP contribution >= 0.6 is 0 Å². The maximum atomic E-state index is 8.98. The van der Waals surface area contributed by atoms with Crippen LogP contribution in [0.5, 0.6) is 0 Å². The molecule has 0 saturated carbocycles. The predicted octanol–water partition coefficient (Wildman–Crippen LogP) is 1.41. The molecule has 0 amide bonds. The molecule has 1 aromatic heterocycles. The Bertz CT molecular complexity index is 687. The van der Waals surface area contributed by atoms with Gasteiger partial charge >= 0.3 is 0 Å². The second-order valence-electron chi connectivity index (χ2n) is 4.36. The first kappa shape index (κ1) is 11.8. The molecule has 0 unspecified atom stereocenters. The van der Waals surface area contributed by atoms with Crippen molar-refractivity contribution in [1.82, 2.24) is 20.2 Å². The summed E-state index contributed by atoms with van der Waals surface area (Å²) < 4.78 is 1.64. The van der Waals surface area contributed by atoms with E-state index < -0.39 is 0 Å². The predicted molar refractivity (Wildman–Crippen MR) is 71.7 cm³/mol. The Kier molecular flexibility index (Phi) is 3.20. The number of nitrogens with zero attached hydrogens (tertiary/aromatic N) is 4. The van der Waals surface area contributed by atoms with Crippen molar-refractivity contribution in [2.75, 3.05) is 6.61 Å². The van der Waals surface area contributed by atoms with Crippen LogP contribution in [0.3, 0.4) is 0 Å². The van der Waals surface area contributed by atoms with Crippen LogP contribution in [0.2, 0.25) is 0 Å². The maximum absolute atomic E-state index is 8.98. The number of hydrogen-bond acceptors (Lipinski definition) is 4. The van der Waals surface area contributed by atoms with Gasteiger partial charge in [-0.05, 0) is 26.8 Å². The molecule has 0 fully saturated rings. The molecule has 19 heavy (non-hydrogen) atoms. The molecular weight excluding hydrogens is 240 g/mol. The van der Waals surface area contributed by atoms with Gasteiger partial charge in [0.25, 0.3) is 0 Å². The number of aliphatic hydroxyl groups is 1. The van der Waals surface area contributed by atoms with Crippen molar-refractivity contribution in [1.29, 1.82) is 0 Å². The minimum absolute atomic E-state index is 0.0353. The summed E-state index contributed by atoms with van der Waals surface area (Å²) in [6, 6.07) is 14.5. The highest BCUT2D eigenvalue weighted by Gasteiger charge is 2.08. The molecule has 0 bridgehead atoms. The Balaban J connectivity index is 1.99. The van der Waals surface area contributed by atoms with Gasteiger partial charge in [0.2, 0.25) is 0 Å². The number of aromatic nitrogens is 4. The summed E-state index contributed by atoms with van der Waals surface area (Å²) in [7, 11) is 0. The first-order valence-electron chi connectivity index (χ1n) is 6.21. The zero-order valence-electron chi connectivity index (χ0n) is 10.4. The third-order valence-electron chi connectivity index (χ3n) is 3.15. The summed E-state index contributed by atoms with van der Waals surface area (Å²) in [6.45, 7) is 0.459. The summed E-state index contributed by atoms with van der Waals surface area (Å²) in [4.78, 5) is 0. The molecule has 3 aromatic rings. The molecule has 3 rings (SSSR count). The molecule has 0 aliphatic heterocycles. The van der Waals surface area contributed by atoms with E-state index in [2.05, 4.69) is 39.8 Å². The molecule has 96 valence electrons. The van der Waals surface area contributed by atoms with Gasteiger partial charge in [0.05, 0.1) is 13.2 Å². The standard InChI is InChI=1S/C14H14N4O/c19-9-8-18-14(15-16-17-18)10-12-6-3-5-11-4-1-2-7-13(11)12/h1-7,19H,8-10H2. The lowest BCUT2D eigenvalue weighted by atomic mass is 10.0. The van der Waals surface area contributed by atoms with Crippen LogP contribution in [0.4, 0.5) is 0 Å². The maximum Gasteiger partial charge on any atom is 0.155 e. The second kappa shape index (κ2) is 5.16. The molecule has 0 saturated heterocycles. The van der Waals surface area contributed by atoms with Crippen molar-refractivity contribution in [3.63, 3.8) is 0 Å². The summed E-state index contributed by atoms with van der Waals surface area (Å²) in [5.41, 5.74) is 1.19. The molecule has 0 aliphatic carbocycles. The molecule has 0 radical (unpaired) electrons. The van der Waals surface area contributed by atoms with Crippen LogP contribution < -0.4 is 0 Å². The van der Waals surface area contributed by atoms with Gasteiger partial charge in [-0.15, -0.1) is 5.10 Å². The van der Waals surface area contributed by atoms with Crippen molar-refractivity contribution >= 4 is 10.8 Å². The van der Waals surface area contributed by atoms with E-state index in [0.29, 0.717) is 13.0 Å². The van der Waals surface area contributed by atoms with Gasteiger partial charge in [-0.3, -0.25) is 0 Å². The largest absolute Gasteiger partial charge is 0.394 e. The minimum Gasteiger partial charge on any atom is -0.394 e.